The zero-order chi connectivity index (χ0) is 21.1. The number of carbonyl (C=O) groups excluding carboxylic acids is 1. The Morgan fingerprint density at radius 2 is 2.00 bits per heavy atom. The summed E-state index contributed by atoms with van der Waals surface area (Å²) in [5.41, 5.74) is 9.36. The van der Waals surface area contributed by atoms with Gasteiger partial charge in [0.25, 0.3) is 5.91 Å². The summed E-state index contributed by atoms with van der Waals surface area (Å²) in [6.45, 7) is 5.35. The van der Waals surface area contributed by atoms with Crippen LogP contribution in [0.2, 0.25) is 0 Å². The largest absolute Gasteiger partial charge is 0.368 e. The molecular formula is C20H23N9O. The molecule has 1 amide bonds. The number of hydrogen-bond donors (Lipinski definition) is 3. The number of fused-ring (bicyclic) bond motifs is 1. The molecule has 0 atom stereocenters. The Labute approximate surface area is 173 Å². The van der Waals surface area contributed by atoms with Crippen LogP contribution in [0, 0.1) is 6.92 Å². The first-order chi connectivity index (χ1) is 14.5. The van der Waals surface area contributed by atoms with Gasteiger partial charge in [0.1, 0.15) is 5.69 Å². The van der Waals surface area contributed by atoms with Crippen LogP contribution in [0.4, 0.5) is 17.5 Å². The molecule has 0 saturated heterocycles. The Kier molecular flexibility index (Phi) is 5.29. The lowest BCUT2D eigenvalue weighted by Gasteiger charge is -2.09. The molecule has 0 radical (unpaired) electrons. The highest BCUT2D eigenvalue weighted by Crippen LogP contribution is 2.23. The van der Waals surface area contributed by atoms with Crippen LogP contribution in [0.5, 0.6) is 0 Å². The summed E-state index contributed by atoms with van der Waals surface area (Å²) in [6, 6.07) is 11.4. The highest BCUT2D eigenvalue weighted by atomic mass is 16.2. The second-order valence-electron chi connectivity index (χ2n) is 6.77. The molecule has 3 aromatic heterocycles. The van der Waals surface area contributed by atoms with Crippen molar-refractivity contribution in [3.8, 4) is 0 Å². The number of para-hydroxylation sites is 1. The Morgan fingerprint density at radius 1 is 1.20 bits per heavy atom. The fourth-order valence-electron chi connectivity index (χ4n) is 3.22. The number of rotatable bonds is 7. The van der Waals surface area contributed by atoms with E-state index in [0.29, 0.717) is 42.3 Å². The topological polar surface area (TPSA) is 129 Å². The highest BCUT2D eigenvalue weighted by molar-refractivity contribution is 5.92. The van der Waals surface area contributed by atoms with E-state index in [-0.39, 0.29) is 11.9 Å². The summed E-state index contributed by atoms with van der Waals surface area (Å²) in [5, 5.41) is 10.5. The summed E-state index contributed by atoms with van der Waals surface area (Å²) in [6.07, 6.45) is 1.67. The van der Waals surface area contributed by atoms with Gasteiger partial charge in [-0.25, -0.2) is 4.98 Å². The quantitative estimate of drug-likeness (QED) is 0.429. The molecule has 0 aliphatic rings. The number of nitrogens with two attached hydrogens (primary N) is 1. The molecule has 154 valence electrons. The van der Waals surface area contributed by atoms with Crippen molar-refractivity contribution in [1.29, 1.82) is 0 Å². The maximum absolute atomic E-state index is 12.5. The monoisotopic (exact) mass is 405 g/mol. The minimum Gasteiger partial charge on any atom is -0.368 e. The lowest BCUT2D eigenvalue weighted by molar-refractivity contribution is 0.0941. The zero-order valence-electron chi connectivity index (χ0n) is 16.8. The van der Waals surface area contributed by atoms with Crippen molar-refractivity contribution in [2.75, 3.05) is 17.6 Å². The lowest BCUT2D eigenvalue weighted by atomic mass is 10.3. The fraction of sp³-hybridized carbons (Fsp3) is 0.250. The fourth-order valence-corrected chi connectivity index (χ4v) is 3.22. The van der Waals surface area contributed by atoms with E-state index in [0.717, 1.165) is 11.4 Å². The standard InChI is InChI=1S/C20H23N9O/c1-3-29-15(11-13(2)27-29)19(30)22-9-10-28-12-23-16-17(25-20(21)26-18(16)28)24-14-7-5-4-6-8-14/h4-8,11-12H,3,9-10H2,1-2H3,(H,22,30)(H3,21,24,25,26). The van der Waals surface area contributed by atoms with E-state index in [1.165, 1.54) is 0 Å². The molecular weight excluding hydrogens is 382 g/mol. The molecule has 0 bridgehead atoms. The second kappa shape index (κ2) is 8.19. The molecule has 3 heterocycles. The van der Waals surface area contributed by atoms with Gasteiger partial charge in [0, 0.05) is 25.3 Å². The number of anilines is 3. The SMILES string of the molecule is CCn1nc(C)cc1C(=O)NCCn1cnc2c(Nc3ccccc3)nc(N)nc21. The van der Waals surface area contributed by atoms with Gasteiger partial charge in [-0.2, -0.15) is 15.1 Å². The van der Waals surface area contributed by atoms with Crippen molar-refractivity contribution >= 4 is 34.5 Å². The van der Waals surface area contributed by atoms with Crippen LogP contribution in [0.1, 0.15) is 23.1 Å². The van der Waals surface area contributed by atoms with Gasteiger partial charge in [-0.15, -0.1) is 0 Å². The van der Waals surface area contributed by atoms with E-state index in [2.05, 4.69) is 30.7 Å². The number of nitrogens with zero attached hydrogens (tertiary/aromatic N) is 6. The summed E-state index contributed by atoms with van der Waals surface area (Å²) >= 11 is 0. The molecule has 10 heteroatoms. The molecule has 0 aliphatic carbocycles. The number of nitrogen functional groups attached to an aromatic ring is 1. The molecule has 30 heavy (non-hydrogen) atoms. The van der Waals surface area contributed by atoms with Gasteiger partial charge in [0.15, 0.2) is 17.0 Å². The van der Waals surface area contributed by atoms with Gasteiger partial charge in [-0.3, -0.25) is 9.48 Å². The number of carbonyl (C=O) groups is 1. The first-order valence-electron chi connectivity index (χ1n) is 9.68. The summed E-state index contributed by atoms with van der Waals surface area (Å²) < 4.78 is 3.53. The summed E-state index contributed by atoms with van der Waals surface area (Å²) in [7, 11) is 0. The predicted molar refractivity (Wildman–Crippen MR) is 114 cm³/mol. The minimum absolute atomic E-state index is 0.147. The molecule has 0 saturated carbocycles. The maximum Gasteiger partial charge on any atom is 0.269 e. The van der Waals surface area contributed by atoms with E-state index in [1.54, 1.807) is 17.1 Å². The van der Waals surface area contributed by atoms with E-state index in [1.807, 2.05) is 48.7 Å². The van der Waals surface area contributed by atoms with Crippen LogP contribution < -0.4 is 16.4 Å². The zero-order valence-corrected chi connectivity index (χ0v) is 16.8. The molecule has 1 aromatic carbocycles. The average Bonchev–Trinajstić information content (AvgIpc) is 3.32. The first kappa shape index (κ1) is 19.4. The van der Waals surface area contributed by atoms with Crippen LogP contribution in [-0.2, 0) is 13.1 Å². The molecule has 0 aliphatic heterocycles. The third-order valence-corrected chi connectivity index (χ3v) is 4.59. The van der Waals surface area contributed by atoms with Gasteiger partial charge in [-0.1, -0.05) is 18.2 Å². The van der Waals surface area contributed by atoms with Gasteiger partial charge in [0.2, 0.25) is 5.95 Å². The Bertz CT molecular complexity index is 1180. The van der Waals surface area contributed by atoms with Gasteiger partial charge >= 0.3 is 0 Å². The molecule has 0 spiro atoms. The molecule has 10 nitrogen and oxygen atoms in total. The Balaban J connectivity index is 1.49. The van der Waals surface area contributed by atoms with E-state index in [4.69, 9.17) is 5.73 Å². The van der Waals surface area contributed by atoms with Gasteiger partial charge in [-0.05, 0) is 32.0 Å². The Hall–Kier alpha value is -3.95. The maximum atomic E-state index is 12.5. The van der Waals surface area contributed by atoms with Crippen molar-refractivity contribution in [1.82, 2.24) is 34.6 Å². The number of amides is 1. The van der Waals surface area contributed by atoms with Crippen molar-refractivity contribution in [3.63, 3.8) is 0 Å². The lowest BCUT2D eigenvalue weighted by Crippen LogP contribution is -2.29. The number of hydrogen-bond acceptors (Lipinski definition) is 7. The van der Waals surface area contributed by atoms with Crippen LogP contribution in [0.3, 0.4) is 0 Å². The van der Waals surface area contributed by atoms with Crippen LogP contribution in [0.15, 0.2) is 42.7 Å². The minimum atomic E-state index is -0.164. The van der Waals surface area contributed by atoms with E-state index in [9.17, 15) is 4.79 Å². The third kappa shape index (κ3) is 3.93. The molecule has 0 unspecified atom stereocenters. The number of aryl methyl sites for hydroxylation is 2. The highest BCUT2D eigenvalue weighted by Gasteiger charge is 2.15. The molecule has 4 N–H and O–H groups in total. The summed E-state index contributed by atoms with van der Waals surface area (Å²) in [5.74, 6) is 0.519. The van der Waals surface area contributed by atoms with Gasteiger partial charge in [0.05, 0.1) is 12.0 Å². The number of nitrogens with one attached hydrogen (secondary N) is 2. The van der Waals surface area contributed by atoms with Crippen LogP contribution >= 0.6 is 0 Å². The van der Waals surface area contributed by atoms with Crippen LogP contribution in [-0.4, -0.2) is 41.8 Å². The van der Waals surface area contributed by atoms with Crippen LogP contribution in [0.25, 0.3) is 11.2 Å². The van der Waals surface area contributed by atoms with E-state index < -0.39 is 0 Å². The van der Waals surface area contributed by atoms with Gasteiger partial charge < -0.3 is 20.9 Å². The normalized spacial score (nSPS) is 11.0. The predicted octanol–water partition coefficient (Wildman–Crippen LogP) is 2.11. The van der Waals surface area contributed by atoms with Crippen molar-refractivity contribution in [2.24, 2.45) is 0 Å². The average molecular weight is 405 g/mol. The number of aromatic nitrogens is 6. The molecule has 0 fully saturated rings. The van der Waals surface area contributed by atoms with Crippen molar-refractivity contribution < 1.29 is 4.79 Å². The number of benzene rings is 1. The Morgan fingerprint density at radius 3 is 2.77 bits per heavy atom. The smallest absolute Gasteiger partial charge is 0.269 e. The molecule has 4 rings (SSSR count). The third-order valence-electron chi connectivity index (χ3n) is 4.59. The van der Waals surface area contributed by atoms with E-state index >= 15 is 0 Å². The van der Waals surface area contributed by atoms with Crippen molar-refractivity contribution in [2.45, 2.75) is 26.9 Å². The summed E-state index contributed by atoms with van der Waals surface area (Å²) in [4.78, 5) is 25.5. The number of imidazole rings is 1. The second-order valence-corrected chi connectivity index (χ2v) is 6.77. The molecule has 4 aromatic rings. The first-order valence-corrected chi connectivity index (χ1v) is 9.68. The van der Waals surface area contributed by atoms with Crippen molar-refractivity contribution in [3.05, 3.63) is 54.1 Å².